The van der Waals surface area contributed by atoms with Gasteiger partial charge in [-0.3, -0.25) is 0 Å². The van der Waals surface area contributed by atoms with Crippen molar-refractivity contribution in [2.24, 2.45) is 0 Å². The Morgan fingerprint density at radius 1 is 1.43 bits per heavy atom. The molecule has 0 nitrogen and oxygen atoms in total. The van der Waals surface area contributed by atoms with Crippen molar-refractivity contribution in [2.45, 2.75) is 23.2 Å². The van der Waals surface area contributed by atoms with Crippen LogP contribution in [0, 0.1) is 0 Å². The zero-order valence-electron chi connectivity index (χ0n) is 4.81. The van der Waals surface area contributed by atoms with Gasteiger partial charge in [0.25, 0.3) is 0 Å². The van der Waals surface area contributed by atoms with Gasteiger partial charge >= 0.3 is 58.4 Å². The average Bonchev–Trinajstić information content (AvgIpc) is 1.69. The van der Waals surface area contributed by atoms with Crippen LogP contribution in [0.4, 0.5) is 0 Å². The summed E-state index contributed by atoms with van der Waals surface area (Å²) in [6.07, 6.45) is 4.37. The molecule has 7 heavy (non-hydrogen) atoms. The van der Waals surface area contributed by atoms with Gasteiger partial charge in [0.2, 0.25) is 0 Å². The molecule has 0 N–H and O–H groups in total. The summed E-state index contributed by atoms with van der Waals surface area (Å²) >= 11 is 4.44. The molecule has 0 spiro atoms. The van der Waals surface area contributed by atoms with Crippen molar-refractivity contribution in [3.05, 3.63) is 0 Å². The van der Waals surface area contributed by atoms with Crippen molar-refractivity contribution < 1.29 is 0 Å². The molecule has 0 amide bonds. The standard InChI is InChI=1S/C5H9S.Li/c1-2-4-6-5-3-1;/h4H,1-3,5H2;. The van der Waals surface area contributed by atoms with Gasteiger partial charge in [-0.15, -0.1) is 0 Å². The van der Waals surface area contributed by atoms with E-state index in [-0.39, 0.29) is 0 Å². The van der Waals surface area contributed by atoms with E-state index < -0.39 is 0 Å². The van der Waals surface area contributed by atoms with Crippen LogP contribution >= 0.6 is 11.8 Å². The predicted molar refractivity (Wildman–Crippen MR) is 35.9 cm³/mol. The molecule has 0 aromatic carbocycles. The van der Waals surface area contributed by atoms with Gasteiger partial charge in [0.1, 0.15) is 0 Å². The molecule has 1 saturated heterocycles. The first-order valence-corrected chi connectivity index (χ1v) is 4.06. The fraction of sp³-hybridized carbons (Fsp3) is 1.00. The molecule has 0 aliphatic carbocycles. The van der Waals surface area contributed by atoms with E-state index in [0.29, 0.717) is 0 Å². The van der Waals surface area contributed by atoms with Crippen molar-refractivity contribution >= 4 is 29.5 Å². The van der Waals surface area contributed by atoms with Crippen LogP contribution in [-0.4, -0.2) is 27.4 Å². The van der Waals surface area contributed by atoms with Crippen LogP contribution in [0.3, 0.4) is 0 Å². The van der Waals surface area contributed by atoms with Gasteiger partial charge in [-0.05, 0) is 0 Å². The normalized spacial score (nSPS) is 33.1. The van der Waals surface area contributed by atoms with E-state index >= 15 is 0 Å². The Morgan fingerprint density at radius 3 is 2.57 bits per heavy atom. The molecule has 0 bridgehead atoms. The first-order valence-electron chi connectivity index (χ1n) is 3.01. The molecule has 1 unspecified atom stereocenters. The third-order valence-corrected chi connectivity index (χ3v) is 2.74. The summed E-state index contributed by atoms with van der Waals surface area (Å²) in [6.45, 7) is 0. The molecule has 2 heteroatoms. The minimum atomic E-state index is 0.953. The molecule has 0 radical (unpaired) electrons. The van der Waals surface area contributed by atoms with E-state index in [2.05, 4.69) is 29.5 Å². The number of hydrogen-bond acceptors (Lipinski definition) is 1. The Hall–Kier alpha value is 0.947. The molecule has 1 aliphatic rings. The van der Waals surface area contributed by atoms with Crippen LogP contribution < -0.4 is 0 Å². The maximum atomic E-state index is 2.32. The number of hydrogen-bond donors (Lipinski definition) is 0. The molecule has 0 aromatic heterocycles. The van der Waals surface area contributed by atoms with E-state index in [1.54, 1.807) is 0 Å². The van der Waals surface area contributed by atoms with Crippen LogP contribution in [0.2, 0.25) is 0 Å². The molecular formula is C5H9LiS. The van der Waals surface area contributed by atoms with Gasteiger partial charge in [-0.25, -0.2) is 0 Å². The van der Waals surface area contributed by atoms with Crippen molar-refractivity contribution in [1.29, 1.82) is 0 Å². The third kappa shape index (κ3) is 2.12. The summed E-state index contributed by atoms with van der Waals surface area (Å²) in [6, 6.07) is 0. The molecule has 1 rings (SSSR count). The van der Waals surface area contributed by atoms with Crippen LogP contribution in [0.5, 0.6) is 0 Å². The van der Waals surface area contributed by atoms with E-state index in [9.17, 15) is 0 Å². The SMILES string of the molecule is [Li][CH]1CCCCS1. The fourth-order valence-corrected chi connectivity index (χ4v) is 2.01. The minimum absolute atomic E-state index is 0.953. The molecule has 1 fully saturated rings. The average molecular weight is 108 g/mol. The zero-order valence-corrected chi connectivity index (χ0v) is 5.63. The zero-order chi connectivity index (χ0) is 5.11. The second-order valence-electron chi connectivity index (χ2n) is 2.18. The Labute approximate surface area is 58.6 Å². The third-order valence-electron chi connectivity index (χ3n) is 1.41. The number of rotatable bonds is 0. The summed E-state index contributed by atoms with van der Waals surface area (Å²) in [5.41, 5.74) is 0. The van der Waals surface area contributed by atoms with Gasteiger partial charge in [0, 0.05) is 0 Å². The second-order valence-corrected chi connectivity index (χ2v) is 3.72. The summed E-state index contributed by atoms with van der Waals surface area (Å²) in [7, 11) is 0. The Morgan fingerprint density at radius 2 is 2.29 bits per heavy atom. The maximum absolute atomic E-state index is 2.32. The first-order chi connectivity index (χ1) is 3.39. The molecule has 1 aliphatic heterocycles. The number of thioether (sulfide) groups is 1. The molecule has 1 atom stereocenters. The van der Waals surface area contributed by atoms with E-state index in [1.165, 1.54) is 25.0 Å². The van der Waals surface area contributed by atoms with Gasteiger partial charge in [-0.2, -0.15) is 0 Å². The van der Waals surface area contributed by atoms with Crippen LogP contribution in [0.25, 0.3) is 0 Å². The Bertz CT molecular complexity index is 50.0. The summed E-state index contributed by atoms with van der Waals surface area (Å²) in [4.78, 5) is 0. The first kappa shape index (κ1) is 6.07. The molecular weight excluding hydrogens is 99.1 g/mol. The van der Waals surface area contributed by atoms with Crippen molar-refractivity contribution in [1.82, 2.24) is 0 Å². The summed E-state index contributed by atoms with van der Waals surface area (Å²) in [5.74, 6) is 1.40. The van der Waals surface area contributed by atoms with Gasteiger partial charge < -0.3 is 0 Å². The van der Waals surface area contributed by atoms with Crippen molar-refractivity contribution in [3.8, 4) is 0 Å². The predicted octanol–water partition coefficient (Wildman–Crippen LogP) is 1.40. The van der Waals surface area contributed by atoms with Crippen molar-refractivity contribution in [2.75, 3.05) is 5.75 Å². The van der Waals surface area contributed by atoms with E-state index in [4.69, 9.17) is 0 Å². The van der Waals surface area contributed by atoms with E-state index in [0.717, 1.165) is 3.92 Å². The Balaban J connectivity index is 2.12. The van der Waals surface area contributed by atoms with Crippen molar-refractivity contribution in [3.63, 3.8) is 0 Å². The Kier molecular flexibility index (Phi) is 2.66. The van der Waals surface area contributed by atoms with Crippen LogP contribution in [0.1, 0.15) is 19.3 Å². The van der Waals surface area contributed by atoms with E-state index in [1.807, 2.05) is 0 Å². The van der Waals surface area contributed by atoms with Gasteiger partial charge in [0.05, 0.1) is 0 Å². The second kappa shape index (κ2) is 3.07. The van der Waals surface area contributed by atoms with Crippen LogP contribution in [-0.2, 0) is 0 Å². The molecule has 1 heterocycles. The van der Waals surface area contributed by atoms with Gasteiger partial charge in [-0.1, -0.05) is 0 Å². The summed E-state index contributed by atoms with van der Waals surface area (Å²) < 4.78 is 0.953. The molecule has 36 valence electrons. The van der Waals surface area contributed by atoms with Gasteiger partial charge in [0.15, 0.2) is 0 Å². The molecule has 0 aromatic rings. The fourth-order valence-electron chi connectivity index (χ4n) is 0.902. The quantitative estimate of drug-likeness (QED) is 0.423. The van der Waals surface area contributed by atoms with Crippen LogP contribution in [0.15, 0.2) is 0 Å². The summed E-state index contributed by atoms with van der Waals surface area (Å²) in [5, 5.41) is 0. The molecule has 0 saturated carbocycles. The monoisotopic (exact) mass is 108 g/mol. The topological polar surface area (TPSA) is 0 Å².